The molecule has 0 saturated carbocycles. The second kappa shape index (κ2) is 4.39. The van der Waals surface area contributed by atoms with Crippen molar-refractivity contribution in [3.63, 3.8) is 0 Å². The van der Waals surface area contributed by atoms with E-state index >= 15 is 0 Å². The van der Waals surface area contributed by atoms with Crippen LogP contribution in [0.2, 0.25) is 0 Å². The molecule has 5 heteroatoms. The fourth-order valence-electron chi connectivity index (χ4n) is 0.754. The average Bonchev–Trinajstić information content (AvgIpc) is 2.67. The Morgan fingerprint density at radius 2 is 2.31 bits per heavy atom. The third-order valence-corrected chi connectivity index (χ3v) is 2.66. The van der Waals surface area contributed by atoms with Crippen LogP contribution in [0.25, 0.3) is 0 Å². The van der Waals surface area contributed by atoms with E-state index in [1.165, 1.54) is 18.4 Å². The quantitative estimate of drug-likeness (QED) is 0.336. The predicted molar refractivity (Wildman–Crippen MR) is 50.3 cm³/mol. The topological polar surface area (TPSA) is 43.4 Å². The van der Waals surface area contributed by atoms with Crippen molar-refractivity contribution in [1.82, 2.24) is 0 Å². The summed E-state index contributed by atoms with van der Waals surface area (Å²) in [5, 5.41) is 0.511. The van der Waals surface area contributed by atoms with Crippen LogP contribution in [0.1, 0.15) is 9.67 Å². The predicted octanol–water partition coefficient (Wildman–Crippen LogP) is 1.71. The van der Waals surface area contributed by atoms with Crippen LogP contribution in [-0.4, -0.2) is 24.2 Å². The van der Waals surface area contributed by atoms with Crippen molar-refractivity contribution in [2.75, 3.05) is 7.11 Å². The van der Waals surface area contributed by atoms with Crippen LogP contribution in [0.15, 0.2) is 17.5 Å². The van der Waals surface area contributed by atoms with Gasteiger partial charge in [-0.1, -0.05) is 6.07 Å². The second-order valence-electron chi connectivity index (χ2n) is 2.23. The molecule has 0 aliphatic heterocycles. The van der Waals surface area contributed by atoms with Crippen LogP contribution < -0.4 is 0 Å². The van der Waals surface area contributed by atoms with E-state index in [2.05, 4.69) is 4.74 Å². The minimum atomic E-state index is -1.23. The highest BCUT2D eigenvalue weighted by molar-refractivity contribution is 7.12. The number of ether oxygens (including phenoxy) is 1. The largest absolute Gasteiger partial charge is 0.468 e. The molecule has 0 fully saturated rings. The van der Waals surface area contributed by atoms with E-state index in [-0.39, 0.29) is 0 Å². The van der Waals surface area contributed by atoms with Crippen LogP contribution in [0.5, 0.6) is 0 Å². The van der Waals surface area contributed by atoms with E-state index in [0.717, 1.165) is 0 Å². The zero-order valence-electron chi connectivity index (χ0n) is 6.82. The Hall–Kier alpha value is -0.870. The van der Waals surface area contributed by atoms with E-state index in [0.29, 0.717) is 4.88 Å². The summed E-state index contributed by atoms with van der Waals surface area (Å²) in [6, 6.07) is 3.34. The molecule has 70 valence electrons. The molecule has 0 aliphatic carbocycles. The van der Waals surface area contributed by atoms with E-state index in [1.807, 2.05) is 0 Å². The molecule has 0 radical (unpaired) electrons. The van der Waals surface area contributed by atoms with Crippen LogP contribution in [0, 0.1) is 0 Å². The number of alkyl halides is 1. The van der Waals surface area contributed by atoms with Crippen molar-refractivity contribution >= 4 is 34.7 Å². The first-order valence-electron chi connectivity index (χ1n) is 3.46. The highest BCUT2D eigenvalue weighted by atomic mass is 35.5. The first kappa shape index (κ1) is 10.2. The van der Waals surface area contributed by atoms with Gasteiger partial charge in [-0.2, -0.15) is 0 Å². The van der Waals surface area contributed by atoms with Crippen LogP contribution in [0.4, 0.5) is 0 Å². The molecule has 0 aromatic carbocycles. The number of Topliss-reactive ketones (excluding diaryl/α,β-unsaturated/α-hetero) is 1. The van der Waals surface area contributed by atoms with E-state index in [4.69, 9.17) is 11.6 Å². The molecule has 0 spiro atoms. The molecular weight excluding hydrogens is 212 g/mol. The first-order chi connectivity index (χ1) is 6.16. The summed E-state index contributed by atoms with van der Waals surface area (Å²) in [6.45, 7) is 0. The molecule has 0 amide bonds. The molecule has 1 unspecified atom stereocenters. The molecule has 1 atom stereocenters. The Balaban J connectivity index is 2.74. The average molecular weight is 219 g/mol. The molecule has 0 aliphatic rings. The maximum Gasteiger partial charge on any atom is 0.331 e. The number of methoxy groups -OCH3 is 1. The summed E-state index contributed by atoms with van der Waals surface area (Å²) in [4.78, 5) is 22.7. The summed E-state index contributed by atoms with van der Waals surface area (Å²) in [5.41, 5.74) is 0. The van der Waals surface area contributed by atoms with Gasteiger partial charge < -0.3 is 4.74 Å². The lowest BCUT2D eigenvalue weighted by atomic mass is 10.2. The molecule has 0 bridgehead atoms. The number of esters is 1. The molecule has 1 aromatic rings. The molecule has 3 nitrogen and oxygen atoms in total. The van der Waals surface area contributed by atoms with E-state index in [1.54, 1.807) is 17.5 Å². The van der Waals surface area contributed by atoms with Crippen molar-refractivity contribution in [3.8, 4) is 0 Å². The number of ketones is 1. The molecule has 0 saturated heterocycles. The third-order valence-electron chi connectivity index (χ3n) is 1.40. The Labute approximate surface area is 84.3 Å². The summed E-state index contributed by atoms with van der Waals surface area (Å²) in [7, 11) is 1.19. The van der Waals surface area contributed by atoms with Crippen LogP contribution >= 0.6 is 22.9 Å². The Morgan fingerprint density at radius 3 is 2.77 bits per heavy atom. The maximum absolute atomic E-state index is 11.4. The number of carbonyl (C=O) groups excluding carboxylic acids is 2. The zero-order valence-corrected chi connectivity index (χ0v) is 8.39. The lowest BCUT2D eigenvalue weighted by molar-refractivity contribution is -0.139. The number of carbonyl (C=O) groups is 2. The summed E-state index contributed by atoms with van der Waals surface area (Å²) >= 11 is 6.80. The second-order valence-corrected chi connectivity index (χ2v) is 3.61. The van der Waals surface area contributed by atoms with Gasteiger partial charge in [0.05, 0.1) is 12.0 Å². The Morgan fingerprint density at radius 1 is 1.62 bits per heavy atom. The Bertz CT molecular complexity index is 307. The maximum atomic E-state index is 11.4. The number of hydrogen-bond acceptors (Lipinski definition) is 4. The normalized spacial score (nSPS) is 12.2. The summed E-state index contributed by atoms with van der Waals surface area (Å²) < 4.78 is 4.34. The smallest absolute Gasteiger partial charge is 0.331 e. The SMILES string of the molecule is COC(=O)C(Cl)C(=O)c1cccs1. The van der Waals surface area contributed by atoms with Gasteiger partial charge >= 0.3 is 5.97 Å². The van der Waals surface area contributed by atoms with Gasteiger partial charge in [-0.15, -0.1) is 22.9 Å². The third kappa shape index (κ3) is 2.29. The zero-order chi connectivity index (χ0) is 9.84. The highest BCUT2D eigenvalue weighted by Crippen LogP contribution is 2.14. The van der Waals surface area contributed by atoms with Crippen molar-refractivity contribution in [2.45, 2.75) is 5.38 Å². The van der Waals surface area contributed by atoms with Crippen LogP contribution in [-0.2, 0) is 9.53 Å². The monoisotopic (exact) mass is 218 g/mol. The van der Waals surface area contributed by atoms with Crippen LogP contribution in [0.3, 0.4) is 0 Å². The van der Waals surface area contributed by atoms with Crippen molar-refractivity contribution < 1.29 is 14.3 Å². The molecule has 1 heterocycles. The van der Waals surface area contributed by atoms with Gasteiger partial charge in [-0.25, -0.2) is 4.79 Å². The molecular formula is C8H7ClO3S. The standard InChI is InChI=1S/C8H7ClO3S/c1-12-8(11)6(9)7(10)5-3-2-4-13-5/h2-4,6H,1H3. The van der Waals surface area contributed by atoms with Crippen molar-refractivity contribution in [1.29, 1.82) is 0 Å². The number of thiophene rings is 1. The molecule has 1 aromatic heterocycles. The van der Waals surface area contributed by atoms with E-state index in [9.17, 15) is 9.59 Å². The first-order valence-corrected chi connectivity index (χ1v) is 4.78. The van der Waals surface area contributed by atoms with Gasteiger partial charge in [0, 0.05) is 0 Å². The molecule has 13 heavy (non-hydrogen) atoms. The number of halogens is 1. The molecule has 1 rings (SSSR count). The number of hydrogen-bond donors (Lipinski definition) is 0. The van der Waals surface area contributed by atoms with Gasteiger partial charge in [0.15, 0.2) is 5.38 Å². The van der Waals surface area contributed by atoms with Crippen molar-refractivity contribution in [3.05, 3.63) is 22.4 Å². The lowest BCUT2D eigenvalue weighted by Crippen LogP contribution is -2.25. The molecule has 0 N–H and O–H groups in total. The minimum Gasteiger partial charge on any atom is -0.468 e. The highest BCUT2D eigenvalue weighted by Gasteiger charge is 2.26. The van der Waals surface area contributed by atoms with E-state index < -0.39 is 17.1 Å². The number of rotatable bonds is 3. The van der Waals surface area contributed by atoms with Crippen molar-refractivity contribution in [2.24, 2.45) is 0 Å². The lowest BCUT2D eigenvalue weighted by Gasteiger charge is -2.03. The minimum absolute atomic E-state index is 0.413. The van der Waals surface area contributed by atoms with Gasteiger partial charge in [0.2, 0.25) is 5.78 Å². The fourth-order valence-corrected chi connectivity index (χ4v) is 1.72. The van der Waals surface area contributed by atoms with Gasteiger partial charge in [0.25, 0.3) is 0 Å². The fraction of sp³-hybridized carbons (Fsp3) is 0.250. The van der Waals surface area contributed by atoms with Gasteiger partial charge in [0.1, 0.15) is 0 Å². The van der Waals surface area contributed by atoms with Gasteiger partial charge in [-0.3, -0.25) is 4.79 Å². The summed E-state index contributed by atoms with van der Waals surface area (Å²) in [5.74, 6) is -1.14. The Kier molecular flexibility index (Phi) is 3.45. The summed E-state index contributed by atoms with van der Waals surface area (Å²) in [6.07, 6.45) is 0. The van der Waals surface area contributed by atoms with Gasteiger partial charge in [-0.05, 0) is 11.4 Å².